The molecule has 2 aliphatic heterocycles. The Labute approximate surface area is 413 Å². The summed E-state index contributed by atoms with van der Waals surface area (Å²) >= 11 is 0. The quantitative estimate of drug-likeness (QED) is 0.0116. The number of ether oxygens (including phenoxy) is 6. The average Bonchev–Trinajstić information content (AvgIpc) is 3.35. The summed E-state index contributed by atoms with van der Waals surface area (Å²) in [5.74, 6) is -6.57. The summed E-state index contributed by atoms with van der Waals surface area (Å²) in [5, 5.41) is 4.94. The zero-order valence-electron chi connectivity index (χ0n) is 40.4. The van der Waals surface area contributed by atoms with E-state index in [1.165, 1.54) is 0 Å². The number of rotatable bonds is 24. The largest absolute Gasteiger partial charge is 0.463 e. The monoisotopic (exact) mass is 986 g/mol. The van der Waals surface area contributed by atoms with E-state index < -0.39 is 71.5 Å². The number of imide groups is 2. The predicted octanol–water partition coefficient (Wildman–Crippen LogP) is 6.95. The summed E-state index contributed by atoms with van der Waals surface area (Å²) in [4.78, 5) is 133. The highest BCUT2D eigenvalue weighted by Gasteiger charge is 2.42. The van der Waals surface area contributed by atoms with Crippen LogP contribution in [0.15, 0.2) is 73.8 Å². The zero-order valence-corrected chi connectivity index (χ0v) is 40.4. The second kappa shape index (κ2) is 22.4. The van der Waals surface area contributed by atoms with Gasteiger partial charge in [0.15, 0.2) is 0 Å². The lowest BCUT2D eigenvalue weighted by molar-refractivity contribution is -0.153. The third kappa shape index (κ3) is 10.8. The second-order valence-electron chi connectivity index (χ2n) is 18.2. The van der Waals surface area contributed by atoms with Crippen molar-refractivity contribution < 1.29 is 76.4 Å². The van der Waals surface area contributed by atoms with Crippen molar-refractivity contribution >= 4 is 103 Å². The van der Waals surface area contributed by atoms with E-state index in [2.05, 4.69) is 13.2 Å². The fourth-order valence-corrected chi connectivity index (χ4v) is 9.34. The van der Waals surface area contributed by atoms with Gasteiger partial charge in [0.2, 0.25) is 0 Å². The molecule has 0 aliphatic carbocycles. The molecule has 0 saturated carbocycles. The molecular formula is C54H54N2O16. The van der Waals surface area contributed by atoms with Crippen LogP contribution in [0.4, 0.5) is 0 Å². The van der Waals surface area contributed by atoms with Crippen molar-refractivity contribution in [2.75, 3.05) is 39.6 Å². The molecule has 4 amide bonds. The van der Waals surface area contributed by atoms with Gasteiger partial charge in [-0.1, -0.05) is 65.1 Å². The molecule has 0 N–H and O–H groups in total. The third-order valence-corrected chi connectivity index (χ3v) is 12.4. The normalized spacial score (nSPS) is 14.0. The lowest BCUT2D eigenvalue weighted by atomic mass is 9.81. The van der Waals surface area contributed by atoms with Crippen LogP contribution in [0.1, 0.15) is 108 Å². The molecule has 0 spiro atoms. The molecule has 0 bridgehead atoms. The molecule has 18 nitrogen and oxygen atoms in total. The number of amides is 4. The number of nitrogens with zero attached hydrogens (tertiary/aromatic N) is 2. The summed E-state index contributed by atoms with van der Waals surface area (Å²) in [7, 11) is 0. The zero-order chi connectivity index (χ0) is 52.0. The van der Waals surface area contributed by atoms with Gasteiger partial charge < -0.3 is 28.4 Å². The Bertz CT molecular complexity index is 2740. The molecule has 2 heterocycles. The number of hydrogen-bond acceptors (Lipinski definition) is 16. The smallest absolute Gasteiger partial charge is 0.330 e. The van der Waals surface area contributed by atoms with Gasteiger partial charge in [0.05, 0.1) is 37.8 Å². The van der Waals surface area contributed by atoms with Crippen LogP contribution >= 0.6 is 0 Å². The van der Waals surface area contributed by atoms with Crippen molar-refractivity contribution in [3.8, 4) is 0 Å². The van der Waals surface area contributed by atoms with Gasteiger partial charge in [0.1, 0.15) is 39.6 Å². The summed E-state index contributed by atoms with van der Waals surface area (Å²) in [6.45, 7) is 12.8. The minimum absolute atomic E-state index is 0.0237. The van der Waals surface area contributed by atoms with E-state index in [1.54, 1.807) is 48.5 Å². The molecule has 5 aromatic carbocycles. The fourth-order valence-electron chi connectivity index (χ4n) is 9.34. The van der Waals surface area contributed by atoms with Crippen molar-refractivity contribution in [3.63, 3.8) is 0 Å². The van der Waals surface area contributed by atoms with E-state index in [0.29, 0.717) is 55.9 Å². The van der Waals surface area contributed by atoms with E-state index in [0.717, 1.165) is 22.0 Å². The topological polar surface area (TPSA) is 233 Å². The van der Waals surface area contributed by atoms with Crippen molar-refractivity contribution in [1.29, 1.82) is 0 Å². The first-order valence-electron chi connectivity index (χ1n) is 23.6. The second-order valence-corrected chi connectivity index (χ2v) is 18.2. The van der Waals surface area contributed by atoms with Crippen molar-refractivity contribution in [2.45, 2.75) is 78.3 Å². The van der Waals surface area contributed by atoms with Gasteiger partial charge in [-0.2, -0.15) is 0 Å². The van der Waals surface area contributed by atoms with Crippen LogP contribution in [-0.4, -0.2) is 121 Å². The Morgan fingerprint density at radius 2 is 0.708 bits per heavy atom. The van der Waals surface area contributed by atoms with Crippen LogP contribution in [0.5, 0.6) is 0 Å². The number of esters is 6. The van der Waals surface area contributed by atoms with Crippen molar-refractivity contribution in [3.05, 3.63) is 96.1 Å². The van der Waals surface area contributed by atoms with Crippen LogP contribution in [0, 0.1) is 11.8 Å². The number of carbonyl (C=O) groups is 10. The summed E-state index contributed by atoms with van der Waals surface area (Å²) in [6.07, 6.45) is 1.30. The maximum absolute atomic E-state index is 14.5. The molecule has 376 valence electrons. The molecule has 0 aromatic heterocycles. The van der Waals surface area contributed by atoms with Crippen LogP contribution in [0.3, 0.4) is 0 Å². The van der Waals surface area contributed by atoms with E-state index in [-0.39, 0.29) is 99.4 Å². The summed E-state index contributed by atoms with van der Waals surface area (Å²) in [5.41, 5.74) is 1.06. The van der Waals surface area contributed by atoms with E-state index in [4.69, 9.17) is 28.4 Å². The first-order valence-corrected chi connectivity index (χ1v) is 23.6. The van der Waals surface area contributed by atoms with E-state index in [9.17, 15) is 47.9 Å². The lowest BCUT2D eigenvalue weighted by Gasteiger charge is -2.35. The third-order valence-electron chi connectivity index (χ3n) is 12.4. The Hall–Kier alpha value is -8.02. The average molecular weight is 987 g/mol. The minimum Gasteiger partial charge on any atom is -0.463 e. The van der Waals surface area contributed by atoms with Gasteiger partial charge in [0, 0.05) is 45.2 Å². The van der Waals surface area contributed by atoms with E-state index >= 15 is 0 Å². The highest BCUT2D eigenvalue weighted by molar-refractivity contribution is 6.41. The van der Waals surface area contributed by atoms with Gasteiger partial charge in [-0.05, 0) is 81.3 Å². The molecule has 0 radical (unpaired) electrons. The lowest BCUT2D eigenvalue weighted by Crippen LogP contribution is -2.50. The number of carbonyl (C=O) groups excluding carboxylic acids is 10. The number of hydrogen-bond donors (Lipinski definition) is 0. The molecule has 7 rings (SSSR count). The highest BCUT2D eigenvalue weighted by atomic mass is 16.6. The van der Waals surface area contributed by atoms with Crippen LogP contribution in [-0.2, 0) is 57.2 Å². The standard InChI is InChI=1S/C54H54N2O16/c1-7-41(57)67-21-23-69-43(59)17-19-45(61)71-27-31(25-29(3)4)55-51(63)37-13-9-33-35-11-15-39-50-40(16-12-36(48(35)50)34-10-14-38(52(55)64)49(37)47(33)34)54(66)56(53(39)65)32(26-30(5)6)28-72-46(62)20-18-44(60)70-24-22-68-42(58)8-2/h7-16,29-32H,1-2,17-28H2,3-6H3. The SMILES string of the molecule is C=CC(=O)OCCOC(=O)CCC(=O)OCC(CC(C)C)N1C(=O)c2ccc3c4ccc5c6c(ccc(c7ccc(c2c37)C1=O)c64)C(=O)N(C(COC(=O)CCC(=O)OCCOC(=O)C=C)CC(C)C)C5=O. The summed E-state index contributed by atoms with van der Waals surface area (Å²) < 4.78 is 30.6. The molecule has 18 heteroatoms. The highest BCUT2D eigenvalue weighted by Crippen LogP contribution is 2.47. The first kappa shape index (κ1) is 51.8. The molecule has 2 atom stereocenters. The van der Waals surface area contributed by atoms with Crippen molar-refractivity contribution in [2.24, 2.45) is 11.8 Å². The van der Waals surface area contributed by atoms with Crippen LogP contribution < -0.4 is 0 Å². The minimum atomic E-state index is -0.847. The molecule has 5 aromatic rings. The maximum Gasteiger partial charge on any atom is 0.330 e. The van der Waals surface area contributed by atoms with E-state index in [1.807, 2.05) is 27.7 Å². The molecule has 2 aliphatic rings. The van der Waals surface area contributed by atoms with Gasteiger partial charge >= 0.3 is 35.8 Å². The Balaban J connectivity index is 1.11. The van der Waals surface area contributed by atoms with Gasteiger partial charge in [-0.15, -0.1) is 0 Å². The fraction of sp³-hybridized carbons (Fsp3) is 0.370. The summed E-state index contributed by atoms with van der Waals surface area (Å²) in [6, 6.07) is 12.1. The Kier molecular flexibility index (Phi) is 16.1. The molecule has 72 heavy (non-hydrogen) atoms. The maximum atomic E-state index is 14.5. The predicted molar refractivity (Wildman–Crippen MR) is 260 cm³/mol. The van der Waals surface area contributed by atoms with Gasteiger partial charge in [-0.25, -0.2) is 9.59 Å². The number of fused-ring (bicyclic) bond motifs is 2. The Morgan fingerprint density at radius 1 is 0.431 bits per heavy atom. The molecular weight excluding hydrogens is 933 g/mol. The number of benzene rings is 5. The Morgan fingerprint density at radius 3 is 0.986 bits per heavy atom. The van der Waals surface area contributed by atoms with Gasteiger partial charge in [-0.3, -0.25) is 48.2 Å². The molecule has 2 unspecified atom stereocenters. The van der Waals surface area contributed by atoms with Crippen LogP contribution in [0.2, 0.25) is 0 Å². The van der Waals surface area contributed by atoms with Gasteiger partial charge in [0.25, 0.3) is 23.6 Å². The molecule has 0 fully saturated rings. The van der Waals surface area contributed by atoms with Crippen LogP contribution in [0.25, 0.3) is 43.1 Å². The first-order chi connectivity index (χ1) is 34.4. The van der Waals surface area contributed by atoms with Crippen molar-refractivity contribution in [1.82, 2.24) is 9.80 Å². The molecule has 0 saturated heterocycles.